The van der Waals surface area contributed by atoms with Gasteiger partial charge in [0.2, 0.25) is 5.69 Å². The third-order valence-corrected chi connectivity index (χ3v) is 13.4. The van der Waals surface area contributed by atoms with Crippen molar-refractivity contribution in [2.24, 2.45) is 0 Å². The maximum absolute atomic E-state index is 11.4. The summed E-state index contributed by atoms with van der Waals surface area (Å²) in [5.41, 5.74) is 9.19. The van der Waals surface area contributed by atoms with Gasteiger partial charge in [0.25, 0.3) is 0 Å². The third-order valence-electron chi connectivity index (χ3n) is 11.8. The normalized spacial score (nSPS) is 18.4. The van der Waals surface area contributed by atoms with E-state index in [1.165, 1.54) is 11.1 Å². The van der Waals surface area contributed by atoms with Gasteiger partial charge >= 0.3 is 59.1 Å². The summed E-state index contributed by atoms with van der Waals surface area (Å²) in [5.74, 6) is 0.726. The molecule has 316 valence electrons. The molecule has 0 unspecified atom stereocenters. The molecule has 0 bridgehead atoms. The van der Waals surface area contributed by atoms with Crippen LogP contribution in [0.5, 0.6) is 5.75 Å². The van der Waals surface area contributed by atoms with E-state index in [9.17, 15) is 31.0 Å². The Morgan fingerprint density at radius 1 is 0.754 bits per heavy atom. The first-order valence-corrected chi connectivity index (χ1v) is 23.8. The molecule has 0 saturated carbocycles. The Labute approximate surface area is 407 Å². The Kier molecular flexibility index (Phi) is 18.5. The van der Waals surface area contributed by atoms with Crippen molar-refractivity contribution in [3.8, 4) is 5.75 Å². The molecule has 0 spiro atoms. The molecule has 0 saturated heterocycles. The van der Waals surface area contributed by atoms with Gasteiger partial charge in [0.05, 0.1) is 25.7 Å². The van der Waals surface area contributed by atoms with E-state index in [1.54, 1.807) is 0 Å². The zero-order valence-corrected chi connectivity index (χ0v) is 42.3. The summed E-state index contributed by atoms with van der Waals surface area (Å²) in [5, 5.41) is 9.36. The van der Waals surface area contributed by atoms with Gasteiger partial charge in [-0.05, 0) is 118 Å². The topological polar surface area (TPSA) is 150 Å². The molecule has 1 N–H and O–H groups in total. The second kappa shape index (κ2) is 22.0. The van der Waals surface area contributed by atoms with Gasteiger partial charge < -0.3 is 23.8 Å². The van der Waals surface area contributed by atoms with E-state index in [2.05, 4.69) is 85.7 Å². The molecule has 3 aromatic carbocycles. The largest absolute Gasteiger partial charge is 1.00 e. The monoisotopic (exact) mass is 887 g/mol. The first kappa shape index (κ1) is 51.3. The summed E-state index contributed by atoms with van der Waals surface area (Å²) in [4.78, 5) is 2.25. The van der Waals surface area contributed by atoms with Crippen molar-refractivity contribution >= 4 is 37.3 Å². The van der Waals surface area contributed by atoms with Gasteiger partial charge in [-0.1, -0.05) is 68.5 Å². The van der Waals surface area contributed by atoms with Crippen molar-refractivity contribution in [2.75, 3.05) is 36.1 Å². The van der Waals surface area contributed by atoms with Gasteiger partial charge in [-0.3, -0.25) is 0 Å². The standard InChI is InChI=1S/C47H58N2O8S2.2Na/c1-46(2)39-18-5-7-20-41(39)48(30-9-11-33-58(51,52)53)43(46)28-24-36-16-13-17-37(45(36)57-38-26-22-35(23-27-38)15-14-32-50)25-29-44-47(3,4)40-19-6-8-21-42(40)49(44)31-10-12-34-59(54,55)56;;/h5-8,18-29,50H,9-17,30-34H2,1-4H3,(H-,51,52,53,54,55,56);;/q;2*+1/p-1. The van der Waals surface area contributed by atoms with Crippen molar-refractivity contribution in [3.63, 3.8) is 0 Å². The van der Waals surface area contributed by atoms with Gasteiger partial charge in [-0.2, -0.15) is 4.58 Å². The molecule has 1 aliphatic carbocycles. The Hall–Kier alpha value is -2.33. The van der Waals surface area contributed by atoms with Crippen LogP contribution in [0.2, 0.25) is 0 Å². The summed E-state index contributed by atoms with van der Waals surface area (Å²) >= 11 is 0. The molecule has 0 fully saturated rings. The molecule has 6 rings (SSSR count). The molecule has 3 aliphatic rings. The Morgan fingerprint density at radius 2 is 1.39 bits per heavy atom. The molecule has 10 nitrogen and oxygen atoms in total. The Bertz CT molecular complexity index is 2400. The van der Waals surface area contributed by atoms with Crippen LogP contribution in [0.4, 0.5) is 11.4 Å². The van der Waals surface area contributed by atoms with Crippen LogP contribution in [0.1, 0.15) is 95.8 Å². The predicted molar refractivity (Wildman–Crippen MR) is 232 cm³/mol. The van der Waals surface area contributed by atoms with Crippen LogP contribution < -0.4 is 68.8 Å². The molecule has 61 heavy (non-hydrogen) atoms. The third kappa shape index (κ3) is 12.9. The van der Waals surface area contributed by atoms with Crippen molar-refractivity contribution in [3.05, 3.63) is 136 Å². The Morgan fingerprint density at radius 3 is 2.07 bits per heavy atom. The van der Waals surface area contributed by atoms with Crippen LogP contribution >= 0.6 is 0 Å². The number of aliphatic hydroxyl groups excluding tert-OH is 1. The summed E-state index contributed by atoms with van der Waals surface area (Å²) in [6.45, 7) is 10.1. The zero-order chi connectivity index (χ0) is 42.4. The van der Waals surface area contributed by atoms with Crippen LogP contribution in [-0.4, -0.2) is 72.5 Å². The van der Waals surface area contributed by atoms with E-state index in [1.807, 2.05) is 48.5 Å². The second-order valence-corrected chi connectivity index (χ2v) is 19.8. The van der Waals surface area contributed by atoms with Crippen molar-refractivity contribution < 1.29 is 99.5 Å². The predicted octanol–water partition coefficient (Wildman–Crippen LogP) is 2.33. The Balaban J connectivity index is 0.00000410. The number of para-hydroxylation sites is 2. The molecular formula is C47H57N2Na2O8S2+. The maximum atomic E-state index is 11.4. The maximum Gasteiger partial charge on any atom is 1.00 e. The molecule has 0 aromatic heterocycles. The number of nitrogens with zero attached hydrogens (tertiary/aromatic N) is 2. The minimum Gasteiger partial charge on any atom is -0.748 e. The van der Waals surface area contributed by atoms with Gasteiger partial charge in [-0.15, -0.1) is 0 Å². The number of ether oxygens (including phenoxy) is 1. The molecule has 2 aliphatic heterocycles. The molecule has 0 radical (unpaired) electrons. The summed E-state index contributed by atoms with van der Waals surface area (Å²) in [7, 11) is -8.58. The molecule has 3 aromatic rings. The molecule has 14 heteroatoms. The number of benzene rings is 3. The van der Waals surface area contributed by atoms with Crippen molar-refractivity contribution in [2.45, 2.75) is 96.3 Å². The minimum atomic E-state index is -4.29. The average molecular weight is 888 g/mol. The SMILES string of the molecule is CC1(C)C(=CC=C2CCCC(C=CC3=[N+](CCCCS(=O)(=O)[O-])c4ccccc4C3(C)C)=C2Oc2ccc(CCCO)cc2)N(CCCCS(=O)(=O)[O-])c2ccccc21.[Na+].[Na+]. The summed E-state index contributed by atoms with van der Waals surface area (Å²) < 4.78 is 77.3. The molecule has 2 heterocycles. The van der Waals surface area contributed by atoms with Gasteiger partial charge in [0.15, 0.2) is 5.71 Å². The fourth-order valence-corrected chi connectivity index (χ4v) is 9.81. The quantitative estimate of drug-likeness (QED) is 0.0880. The second-order valence-electron chi connectivity index (χ2n) is 16.8. The van der Waals surface area contributed by atoms with E-state index >= 15 is 0 Å². The number of unbranched alkanes of at least 4 members (excludes halogenated alkanes) is 2. The van der Waals surface area contributed by atoms with Crippen molar-refractivity contribution in [1.82, 2.24) is 0 Å². The number of anilines is 1. The van der Waals surface area contributed by atoms with Crippen LogP contribution in [0.25, 0.3) is 0 Å². The van der Waals surface area contributed by atoms with Crippen molar-refractivity contribution in [1.29, 1.82) is 0 Å². The minimum absolute atomic E-state index is 0. The van der Waals surface area contributed by atoms with Crippen LogP contribution in [0, 0.1) is 0 Å². The number of rotatable bonds is 18. The molecule has 0 amide bonds. The van der Waals surface area contributed by atoms with E-state index in [4.69, 9.17) is 4.74 Å². The molecular weight excluding hydrogens is 831 g/mol. The molecule has 0 atom stereocenters. The average Bonchev–Trinajstić information content (AvgIpc) is 3.54. The number of hydrogen-bond donors (Lipinski definition) is 1. The smallest absolute Gasteiger partial charge is 0.748 e. The van der Waals surface area contributed by atoms with E-state index < -0.39 is 20.2 Å². The zero-order valence-electron chi connectivity index (χ0n) is 36.7. The van der Waals surface area contributed by atoms with E-state index in [0.29, 0.717) is 38.1 Å². The van der Waals surface area contributed by atoms with Crippen LogP contribution in [0.15, 0.2) is 120 Å². The first-order valence-electron chi connectivity index (χ1n) is 20.7. The number of aliphatic hydroxyl groups is 1. The van der Waals surface area contributed by atoms with Gasteiger partial charge in [-0.25, -0.2) is 16.8 Å². The first-order chi connectivity index (χ1) is 28.0. The fourth-order valence-electron chi connectivity index (χ4n) is 8.70. The number of allylic oxidation sites excluding steroid dienone is 7. The van der Waals surface area contributed by atoms with Crippen LogP contribution in [-0.2, 0) is 37.5 Å². The number of hydrogen-bond acceptors (Lipinski definition) is 9. The van der Waals surface area contributed by atoms with Crippen LogP contribution in [0.3, 0.4) is 0 Å². The fraction of sp³-hybridized carbons (Fsp3) is 0.426. The van der Waals surface area contributed by atoms with Gasteiger partial charge in [0, 0.05) is 65.6 Å². The number of fused-ring (bicyclic) bond motifs is 2. The number of aryl methyl sites for hydroxylation is 1. The summed E-state index contributed by atoms with van der Waals surface area (Å²) in [6, 6.07) is 24.6. The summed E-state index contributed by atoms with van der Waals surface area (Å²) in [6.07, 6.45) is 14.3. The van der Waals surface area contributed by atoms with E-state index in [0.717, 1.165) is 70.9 Å². The van der Waals surface area contributed by atoms with Gasteiger partial charge in [0.1, 0.15) is 18.1 Å². The van der Waals surface area contributed by atoms with E-state index in [-0.39, 0.29) is 101 Å².